The highest BCUT2D eigenvalue weighted by Gasteiger charge is 2.23. The summed E-state index contributed by atoms with van der Waals surface area (Å²) in [7, 11) is 0. The van der Waals surface area contributed by atoms with Crippen LogP contribution in [-0.4, -0.2) is 69.0 Å². The highest BCUT2D eigenvalue weighted by molar-refractivity contribution is 5.95. The molecule has 2 aromatic carbocycles. The van der Waals surface area contributed by atoms with E-state index in [4.69, 9.17) is 14.8 Å². The van der Waals surface area contributed by atoms with Crippen molar-refractivity contribution >= 4 is 17.4 Å². The van der Waals surface area contributed by atoms with Gasteiger partial charge in [-0.15, -0.1) is 0 Å². The number of fused-ring (bicyclic) bond motifs is 1. The van der Waals surface area contributed by atoms with Gasteiger partial charge in [-0.1, -0.05) is 42.5 Å². The number of aliphatic hydroxyl groups excluding tert-OH is 2. The van der Waals surface area contributed by atoms with E-state index in [-0.39, 0.29) is 12.5 Å². The summed E-state index contributed by atoms with van der Waals surface area (Å²) < 4.78 is 7.70. The number of rotatable bonds is 14. The van der Waals surface area contributed by atoms with Crippen molar-refractivity contribution in [2.24, 2.45) is 0 Å². The molecule has 0 saturated heterocycles. The molecule has 1 amide bonds. The van der Waals surface area contributed by atoms with Gasteiger partial charge in [0, 0.05) is 48.7 Å². The van der Waals surface area contributed by atoms with Gasteiger partial charge in [0.25, 0.3) is 5.91 Å². The smallest absolute Gasteiger partial charge is 0.251 e. The lowest BCUT2D eigenvalue weighted by Gasteiger charge is -2.12. The number of hydrogen-bond acceptors (Lipinski definition) is 7. The quantitative estimate of drug-likeness (QED) is 0.183. The number of nitrogens with one attached hydrogen (secondary N) is 2. The Balaban J connectivity index is 1.31. The molecule has 9 heteroatoms. The fourth-order valence-corrected chi connectivity index (χ4v) is 4.35. The van der Waals surface area contributed by atoms with Crippen molar-refractivity contribution in [3.8, 4) is 22.5 Å². The minimum absolute atomic E-state index is 0.0315. The molecule has 1 unspecified atom stereocenters. The van der Waals surface area contributed by atoms with Crippen LogP contribution in [0.3, 0.4) is 0 Å². The highest BCUT2D eigenvalue weighted by atomic mass is 16.5. The zero-order valence-corrected chi connectivity index (χ0v) is 21.9. The standard InChI is InChI=1S/C30H35N5O4/c36-20-25(37)8-4-16-39-17-5-15-31-28-29-32-18-27(35(29)19-26(34-28)21-6-2-1-3-7-21)22-9-11-23(12-10-22)30(38)33-24-13-14-24/h1-3,6-7,9-12,18-19,24-25,36-37H,4-5,8,13-17,20H2,(H,31,34)(H,33,38). The Morgan fingerprint density at radius 3 is 2.56 bits per heavy atom. The lowest BCUT2D eigenvalue weighted by atomic mass is 10.1. The molecule has 39 heavy (non-hydrogen) atoms. The van der Waals surface area contributed by atoms with Gasteiger partial charge in [-0.05, 0) is 44.2 Å². The van der Waals surface area contributed by atoms with Gasteiger partial charge in [0.15, 0.2) is 11.5 Å². The van der Waals surface area contributed by atoms with E-state index >= 15 is 0 Å². The number of carbonyl (C=O) groups is 1. The minimum atomic E-state index is -0.676. The lowest BCUT2D eigenvalue weighted by molar-refractivity contribution is 0.0701. The Morgan fingerprint density at radius 1 is 1.05 bits per heavy atom. The Morgan fingerprint density at radius 2 is 1.82 bits per heavy atom. The zero-order chi connectivity index (χ0) is 27.0. The second kappa shape index (κ2) is 12.8. The normalized spacial score (nSPS) is 13.9. The number of ether oxygens (including phenoxy) is 1. The minimum Gasteiger partial charge on any atom is -0.394 e. The summed E-state index contributed by atoms with van der Waals surface area (Å²) >= 11 is 0. The van der Waals surface area contributed by atoms with Crippen LogP contribution < -0.4 is 10.6 Å². The number of imidazole rings is 1. The molecule has 9 nitrogen and oxygen atoms in total. The van der Waals surface area contributed by atoms with Crippen LogP contribution in [0.15, 0.2) is 67.0 Å². The van der Waals surface area contributed by atoms with Crippen LogP contribution in [0.25, 0.3) is 28.2 Å². The summed E-state index contributed by atoms with van der Waals surface area (Å²) in [6.45, 7) is 1.57. The van der Waals surface area contributed by atoms with E-state index in [0.29, 0.717) is 50.0 Å². The number of aromatic nitrogens is 3. The van der Waals surface area contributed by atoms with E-state index in [1.165, 1.54) is 0 Å². The third-order valence-corrected chi connectivity index (χ3v) is 6.71. The second-order valence-corrected chi connectivity index (χ2v) is 9.87. The molecule has 1 fully saturated rings. The average Bonchev–Trinajstić information content (AvgIpc) is 3.69. The molecule has 1 saturated carbocycles. The molecule has 4 aromatic rings. The summed E-state index contributed by atoms with van der Waals surface area (Å²) in [4.78, 5) is 22.0. The topological polar surface area (TPSA) is 121 Å². The number of benzene rings is 2. The molecule has 1 aliphatic rings. The maximum Gasteiger partial charge on any atom is 0.251 e. The first-order valence-corrected chi connectivity index (χ1v) is 13.6. The van der Waals surface area contributed by atoms with E-state index < -0.39 is 6.10 Å². The highest BCUT2D eigenvalue weighted by Crippen LogP contribution is 2.28. The van der Waals surface area contributed by atoms with Crippen LogP contribution in [0.2, 0.25) is 0 Å². The maximum atomic E-state index is 12.4. The van der Waals surface area contributed by atoms with Crippen LogP contribution in [0.4, 0.5) is 5.82 Å². The summed E-state index contributed by atoms with van der Waals surface area (Å²) in [5.41, 5.74) is 5.07. The Kier molecular flexibility index (Phi) is 8.82. The van der Waals surface area contributed by atoms with Crippen LogP contribution in [0, 0.1) is 0 Å². The lowest BCUT2D eigenvalue weighted by Crippen LogP contribution is -2.25. The number of anilines is 1. The summed E-state index contributed by atoms with van der Waals surface area (Å²) in [5, 5.41) is 24.8. The van der Waals surface area contributed by atoms with Crippen LogP contribution in [-0.2, 0) is 4.74 Å². The van der Waals surface area contributed by atoms with Crippen LogP contribution in [0.5, 0.6) is 0 Å². The molecule has 0 radical (unpaired) electrons. The largest absolute Gasteiger partial charge is 0.394 e. The Bertz CT molecular complexity index is 1370. The molecule has 204 valence electrons. The molecule has 1 atom stereocenters. The van der Waals surface area contributed by atoms with Crippen molar-refractivity contribution in [1.29, 1.82) is 0 Å². The van der Waals surface area contributed by atoms with Crippen molar-refractivity contribution in [1.82, 2.24) is 19.7 Å². The Labute approximate surface area is 227 Å². The Hall–Kier alpha value is -3.79. The van der Waals surface area contributed by atoms with E-state index in [1.54, 1.807) is 0 Å². The van der Waals surface area contributed by atoms with E-state index in [9.17, 15) is 9.90 Å². The van der Waals surface area contributed by atoms with Gasteiger partial charge < -0.3 is 25.6 Å². The van der Waals surface area contributed by atoms with Gasteiger partial charge in [-0.3, -0.25) is 9.20 Å². The predicted octanol–water partition coefficient (Wildman–Crippen LogP) is 3.91. The first kappa shape index (κ1) is 26.8. The van der Waals surface area contributed by atoms with Crippen molar-refractivity contribution in [2.75, 3.05) is 31.7 Å². The van der Waals surface area contributed by atoms with Gasteiger partial charge in [0.1, 0.15) is 0 Å². The zero-order valence-electron chi connectivity index (χ0n) is 21.9. The van der Waals surface area contributed by atoms with E-state index in [1.807, 2.05) is 71.4 Å². The number of carbonyl (C=O) groups excluding carboxylic acids is 1. The maximum absolute atomic E-state index is 12.4. The van der Waals surface area contributed by atoms with Crippen molar-refractivity contribution < 1.29 is 19.7 Å². The summed E-state index contributed by atoms with van der Waals surface area (Å²) in [5.74, 6) is 0.657. The third-order valence-electron chi connectivity index (χ3n) is 6.71. The predicted molar refractivity (Wildman–Crippen MR) is 151 cm³/mol. The molecule has 0 bridgehead atoms. The van der Waals surface area contributed by atoms with E-state index in [2.05, 4.69) is 15.6 Å². The fraction of sp³-hybridized carbons (Fsp3) is 0.367. The molecule has 2 aromatic heterocycles. The van der Waals surface area contributed by atoms with Gasteiger partial charge in [-0.25, -0.2) is 9.97 Å². The number of hydrogen-bond donors (Lipinski definition) is 4. The monoisotopic (exact) mass is 529 g/mol. The number of amides is 1. The van der Waals surface area contributed by atoms with Gasteiger partial charge >= 0.3 is 0 Å². The summed E-state index contributed by atoms with van der Waals surface area (Å²) in [6, 6.07) is 18.0. The molecule has 5 rings (SSSR count). The average molecular weight is 530 g/mol. The van der Waals surface area contributed by atoms with E-state index in [0.717, 1.165) is 47.4 Å². The fourth-order valence-electron chi connectivity index (χ4n) is 4.35. The molecule has 1 aliphatic carbocycles. The molecule has 2 heterocycles. The molecule has 0 aliphatic heterocycles. The van der Waals surface area contributed by atoms with Crippen LogP contribution in [0.1, 0.15) is 42.5 Å². The van der Waals surface area contributed by atoms with Gasteiger partial charge in [-0.2, -0.15) is 0 Å². The third kappa shape index (κ3) is 7.00. The van der Waals surface area contributed by atoms with Gasteiger partial charge in [0.2, 0.25) is 0 Å². The second-order valence-electron chi connectivity index (χ2n) is 9.87. The molecule has 0 spiro atoms. The number of nitrogens with zero attached hydrogens (tertiary/aromatic N) is 3. The SMILES string of the molecule is O=C(NC1CC1)c1ccc(-c2cnc3c(NCCCOCCCC(O)CO)nc(-c4ccccc4)cn23)cc1. The number of aliphatic hydroxyl groups is 2. The first-order valence-electron chi connectivity index (χ1n) is 13.6. The molecular formula is C30H35N5O4. The first-order chi connectivity index (χ1) is 19.1. The van der Waals surface area contributed by atoms with Crippen molar-refractivity contribution in [3.05, 3.63) is 72.6 Å². The van der Waals surface area contributed by atoms with Crippen molar-refractivity contribution in [3.63, 3.8) is 0 Å². The summed E-state index contributed by atoms with van der Waals surface area (Å²) in [6.07, 6.45) is 7.29. The van der Waals surface area contributed by atoms with Gasteiger partial charge in [0.05, 0.1) is 30.3 Å². The molecule has 4 N–H and O–H groups in total. The van der Waals surface area contributed by atoms with Crippen LogP contribution >= 0.6 is 0 Å². The molecular weight excluding hydrogens is 494 g/mol. The van der Waals surface area contributed by atoms with Crippen molar-refractivity contribution in [2.45, 2.75) is 44.2 Å².